The van der Waals surface area contributed by atoms with Crippen LogP contribution in [0.15, 0.2) is 21.9 Å². The maximum atomic E-state index is 12.5. The van der Waals surface area contributed by atoms with Crippen LogP contribution in [0.5, 0.6) is 0 Å². The molecule has 0 spiro atoms. The Morgan fingerprint density at radius 1 is 1.54 bits per heavy atom. The molecule has 2 N–H and O–H groups in total. The highest BCUT2D eigenvalue weighted by Crippen LogP contribution is 2.50. The molecule has 0 amide bonds. The fraction of sp³-hybridized carbons (Fsp3) is 0.417. The summed E-state index contributed by atoms with van der Waals surface area (Å²) in [6.07, 6.45) is -1.36. The summed E-state index contributed by atoms with van der Waals surface area (Å²) in [6, 6.07) is 0. The monoisotopic (exact) mass is 447 g/mol. The number of aliphatic hydroxyl groups is 1. The highest BCUT2D eigenvalue weighted by Gasteiger charge is 2.50. The molecule has 2 fully saturated rings. The standard InChI is InChI=1S/C12H11BrN5O7P/c13-11-15-5-8(16-12-14-1-2-17(12)9(5)20)18(11)10-6(19)7-4(24-10)3-23-26(21,22)25-7/h1-2,4,6-7,10,19H,3H2,(H,14,16)(H,21,22)/t4?,6?,7-,10-/m1/s1. The Balaban J connectivity index is 0.00000180. The number of aromatic amines is 1. The number of ether oxygens (including phenoxy) is 1. The molecule has 2 aliphatic rings. The molecule has 0 bridgehead atoms. The summed E-state index contributed by atoms with van der Waals surface area (Å²) in [7, 11) is -4.49. The Labute approximate surface area is 153 Å². The summed E-state index contributed by atoms with van der Waals surface area (Å²) in [6.45, 7) is -0.274. The Kier molecular flexibility index (Phi) is 3.47. The van der Waals surface area contributed by atoms with Gasteiger partial charge in [0, 0.05) is 12.4 Å². The predicted molar refractivity (Wildman–Crippen MR) is 86.3 cm³/mol. The van der Waals surface area contributed by atoms with Crippen LogP contribution in [0.2, 0.25) is 0 Å². The molecule has 138 valence electrons. The van der Waals surface area contributed by atoms with Gasteiger partial charge in [-0.05, 0) is 15.9 Å². The minimum absolute atomic E-state index is 0. The second kappa shape index (κ2) is 5.45. The van der Waals surface area contributed by atoms with Gasteiger partial charge in [-0.25, -0.2) is 14.4 Å². The van der Waals surface area contributed by atoms with E-state index in [0.29, 0.717) is 0 Å². The summed E-state index contributed by atoms with van der Waals surface area (Å²) in [4.78, 5) is 35.2. The van der Waals surface area contributed by atoms with Gasteiger partial charge >= 0.3 is 1.43 Å². The zero-order valence-electron chi connectivity index (χ0n) is 13.7. The lowest BCUT2D eigenvalue weighted by Crippen LogP contribution is -2.41. The van der Waals surface area contributed by atoms with Crippen LogP contribution in [0.4, 0.5) is 0 Å². The van der Waals surface area contributed by atoms with Crippen LogP contribution < -0.4 is 10.5 Å². The van der Waals surface area contributed by atoms with Crippen molar-refractivity contribution in [2.45, 2.75) is 24.5 Å². The first-order valence-electron chi connectivity index (χ1n) is 7.46. The SMILES string of the molecule is O=c1c2nc(Br)n([C@@H]3OC4COP(=O)([O-])O[C@H]4C3O)c2[nH]c2nccn12.[H+]. The zero-order valence-corrected chi connectivity index (χ0v) is 15.2. The van der Waals surface area contributed by atoms with Gasteiger partial charge in [0.1, 0.15) is 24.0 Å². The number of hydrogen-bond acceptors (Lipinski definition) is 9. The Morgan fingerprint density at radius 3 is 3.15 bits per heavy atom. The van der Waals surface area contributed by atoms with Crippen LogP contribution in [-0.4, -0.2) is 53.9 Å². The minimum Gasteiger partial charge on any atom is -0.756 e. The largest absolute Gasteiger partial charge is 1.00 e. The first kappa shape index (κ1) is 16.6. The first-order chi connectivity index (χ1) is 12.4. The van der Waals surface area contributed by atoms with Crippen LogP contribution in [0.25, 0.3) is 16.9 Å². The zero-order chi connectivity index (χ0) is 18.2. The molecular formula is C12H11BrN5O7P. The van der Waals surface area contributed by atoms with Crippen LogP contribution in [0, 0.1) is 0 Å². The molecule has 14 heteroatoms. The van der Waals surface area contributed by atoms with Crippen LogP contribution >= 0.6 is 23.8 Å². The Hall–Kier alpha value is -1.60. The van der Waals surface area contributed by atoms with Crippen molar-refractivity contribution in [2.24, 2.45) is 0 Å². The summed E-state index contributed by atoms with van der Waals surface area (Å²) < 4.78 is 29.6. The first-order valence-corrected chi connectivity index (χ1v) is 9.71. The van der Waals surface area contributed by atoms with E-state index in [-0.39, 0.29) is 29.7 Å². The smallest absolute Gasteiger partial charge is 0.756 e. The van der Waals surface area contributed by atoms with Crippen molar-refractivity contribution >= 4 is 40.7 Å². The number of imidazole rings is 2. The molecule has 0 aromatic carbocycles. The van der Waals surface area contributed by atoms with Crippen LogP contribution in [0.3, 0.4) is 0 Å². The molecule has 5 heterocycles. The number of halogens is 1. The minimum atomic E-state index is -4.49. The fourth-order valence-corrected chi connectivity index (χ4v) is 4.73. The highest BCUT2D eigenvalue weighted by atomic mass is 79.9. The van der Waals surface area contributed by atoms with Crippen molar-refractivity contribution in [1.82, 2.24) is 23.9 Å². The van der Waals surface area contributed by atoms with Gasteiger partial charge in [-0.3, -0.25) is 13.9 Å². The van der Waals surface area contributed by atoms with E-state index in [1.165, 1.54) is 21.4 Å². The van der Waals surface area contributed by atoms with Crippen molar-refractivity contribution in [3.8, 4) is 0 Å². The number of rotatable bonds is 1. The van der Waals surface area contributed by atoms with Crippen molar-refractivity contribution in [1.29, 1.82) is 0 Å². The quantitative estimate of drug-likeness (QED) is 0.366. The molecule has 5 atom stereocenters. The molecule has 2 saturated heterocycles. The van der Waals surface area contributed by atoms with E-state index < -0.39 is 37.9 Å². The number of hydrogen-bond donors (Lipinski definition) is 2. The summed E-state index contributed by atoms with van der Waals surface area (Å²) in [5.41, 5.74) is -0.0477. The third kappa shape index (κ3) is 2.26. The van der Waals surface area contributed by atoms with Gasteiger partial charge < -0.3 is 28.8 Å². The van der Waals surface area contributed by atoms with Gasteiger partial charge in [-0.1, -0.05) is 0 Å². The maximum absolute atomic E-state index is 12.5. The normalized spacial score (nSPS) is 34.6. The Morgan fingerprint density at radius 2 is 2.35 bits per heavy atom. The van der Waals surface area contributed by atoms with Crippen molar-refractivity contribution < 1.29 is 29.8 Å². The molecule has 0 aliphatic carbocycles. The molecule has 3 aromatic rings. The average Bonchev–Trinajstić information content (AvgIpc) is 3.25. The number of nitrogens with one attached hydrogen (secondary N) is 1. The molecule has 3 aromatic heterocycles. The Bertz CT molecular complexity index is 1150. The number of aliphatic hydroxyl groups excluding tert-OH is 1. The number of H-pyrrole nitrogens is 1. The molecule has 0 radical (unpaired) electrons. The molecule has 0 saturated carbocycles. The van der Waals surface area contributed by atoms with E-state index in [9.17, 15) is 19.4 Å². The van der Waals surface area contributed by atoms with Gasteiger partial charge in [-0.15, -0.1) is 0 Å². The van der Waals surface area contributed by atoms with Crippen molar-refractivity contribution in [3.63, 3.8) is 0 Å². The van der Waals surface area contributed by atoms with E-state index in [0.717, 1.165) is 0 Å². The van der Waals surface area contributed by atoms with Gasteiger partial charge in [-0.2, -0.15) is 0 Å². The van der Waals surface area contributed by atoms with Crippen LogP contribution in [0.1, 0.15) is 7.65 Å². The lowest BCUT2D eigenvalue weighted by molar-refractivity contribution is -0.245. The lowest BCUT2D eigenvalue weighted by atomic mass is 10.1. The second-order valence-corrected chi connectivity index (χ2v) is 7.94. The average molecular weight is 448 g/mol. The number of phosphoric ester groups is 1. The summed E-state index contributed by atoms with van der Waals surface area (Å²) in [5, 5.41) is 10.6. The number of phosphoric acid groups is 1. The number of aromatic nitrogens is 5. The summed E-state index contributed by atoms with van der Waals surface area (Å²) >= 11 is 3.25. The van der Waals surface area contributed by atoms with E-state index in [1.807, 2.05) is 0 Å². The topological polar surface area (TPSA) is 156 Å². The molecule has 26 heavy (non-hydrogen) atoms. The molecule has 3 unspecified atom stereocenters. The van der Waals surface area contributed by atoms with Crippen molar-refractivity contribution in [2.75, 3.05) is 6.61 Å². The van der Waals surface area contributed by atoms with Gasteiger partial charge in [0.25, 0.3) is 13.4 Å². The number of fused-ring (bicyclic) bond motifs is 3. The van der Waals surface area contributed by atoms with Gasteiger partial charge in [0.05, 0.1) is 6.61 Å². The van der Waals surface area contributed by atoms with Gasteiger partial charge in [0.15, 0.2) is 16.5 Å². The molecule has 2 aliphatic heterocycles. The molecule has 5 rings (SSSR count). The predicted octanol–water partition coefficient (Wildman–Crippen LogP) is -0.611. The molecular weight excluding hydrogens is 437 g/mol. The highest BCUT2D eigenvalue weighted by molar-refractivity contribution is 9.10. The lowest BCUT2D eigenvalue weighted by Gasteiger charge is -2.34. The molecule has 12 nitrogen and oxygen atoms in total. The fourth-order valence-electron chi connectivity index (χ4n) is 3.23. The van der Waals surface area contributed by atoms with Gasteiger partial charge in [0.2, 0.25) is 5.78 Å². The third-order valence-electron chi connectivity index (χ3n) is 4.37. The van der Waals surface area contributed by atoms with E-state index in [1.54, 1.807) is 0 Å². The third-order valence-corrected chi connectivity index (χ3v) is 5.90. The van der Waals surface area contributed by atoms with E-state index in [2.05, 4.69) is 35.4 Å². The van der Waals surface area contributed by atoms with E-state index in [4.69, 9.17) is 9.26 Å². The van der Waals surface area contributed by atoms with Crippen molar-refractivity contribution in [3.05, 3.63) is 27.5 Å². The van der Waals surface area contributed by atoms with Crippen LogP contribution in [-0.2, 0) is 18.3 Å². The maximum Gasteiger partial charge on any atom is 1.00 e. The second-order valence-electron chi connectivity index (χ2n) is 5.87. The van der Waals surface area contributed by atoms with E-state index >= 15 is 0 Å². The number of nitrogens with zero attached hydrogens (tertiary/aromatic N) is 4. The summed E-state index contributed by atoms with van der Waals surface area (Å²) in [5.74, 6) is 0.282.